The molecule has 0 unspecified atom stereocenters. The summed E-state index contributed by atoms with van der Waals surface area (Å²) in [6.45, 7) is 4.47. The van der Waals surface area contributed by atoms with Gasteiger partial charge in [-0.25, -0.2) is 0 Å². The van der Waals surface area contributed by atoms with E-state index in [0.717, 1.165) is 0 Å². The maximum atomic E-state index is 5.69. The molecule has 2 heteroatoms. The summed E-state index contributed by atoms with van der Waals surface area (Å²) in [6.07, 6.45) is 4.33. The number of hydrogen-bond donors (Lipinski definition) is 1. The zero-order chi connectivity index (χ0) is 6.69. The number of nitrogens with two attached hydrogens (primary N) is 1. The van der Waals surface area contributed by atoms with Gasteiger partial charge < -0.3 is 5.73 Å². The van der Waals surface area contributed by atoms with Crippen molar-refractivity contribution in [3.05, 3.63) is 0 Å². The fourth-order valence-electron chi connectivity index (χ4n) is 1.33. The van der Waals surface area contributed by atoms with E-state index in [1.54, 1.807) is 0 Å². The molecule has 1 aliphatic heterocycles. The summed E-state index contributed by atoms with van der Waals surface area (Å²) in [5.41, 5.74) is 5.69. The van der Waals surface area contributed by atoms with Crippen LogP contribution in [-0.4, -0.2) is 24.2 Å². The second-order valence-electron chi connectivity index (χ2n) is 2.84. The van der Waals surface area contributed by atoms with Gasteiger partial charge in [0.1, 0.15) is 0 Å². The molecule has 1 heterocycles. The van der Waals surface area contributed by atoms with Gasteiger partial charge in [0, 0.05) is 0 Å². The van der Waals surface area contributed by atoms with E-state index >= 15 is 0 Å². The van der Waals surface area contributed by atoms with Crippen molar-refractivity contribution in [3.8, 4) is 0 Å². The number of hydrogen-bond acceptors (Lipinski definition) is 2. The Morgan fingerprint density at radius 2 is 1.78 bits per heavy atom. The van der Waals surface area contributed by atoms with Gasteiger partial charge in [0.25, 0.3) is 0 Å². The van der Waals surface area contributed by atoms with Crippen LogP contribution in [0.15, 0.2) is 0 Å². The lowest BCUT2D eigenvalue weighted by molar-refractivity contribution is 0.177. The van der Waals surface area contributed by atoms with Crippen molar-refractivity contribution in [2.45, 2.75) is 32.4 Å². The molecule has 0 spiro atoms. The smallest absolute Gasteiger partial charge is 0.0542 e. The van der Waals surface area contributed by atoms with Crippen molar-refractivity contribution in [1.82, 2.24) is 4.90 Å². The van der Waals surface area contributed by atoms with Crippen LogP contribution in [0.2, 0.25) is 0 Å². The molecule has 2 nitrogen and oxygen atoms in total. The predicted octanol–water partition coefficient (Wildman–Crippen LogP) is 0.777. The van der Waals surface area contributed by atoms with Gasteiger partial charge in [-0.15, -0.1) is 0 Å². The summed E-state index contributed by atoms with van der Waals surface area (Å²) >= 11 is 0. The molecule has 0 radical (unpaired) electrons. The summed E-state index contributed by atoms with van der Waals surface area (Å²) in [6, 6.07) is 0. The Labute approximate surface area is 57.0 Å². The monoisotopic (exact) mass is 128 g/mol. The molecule has 9 heavy (non-hydrogen) atoms. The topological polar surface area (TPSA) is 29.3 Å². The molecule has 0 aromatic heterocycles. The molecule has 1 atom stereocenters. The van der Waals surface area contributed by atoms with Crippen LogP contribution in [0.1, 0.15) is 26.2 Å². The molecule has 1 saturated heterocycles. The zero-order valence-corrected chi connectivity index (χ0v) is 6.14. The first-order chi connectivity index (χ1) is 4.30. The van der Waals surface area contributed by atoms with Crippen molar-refractivity contribution in [2.75, 3.05) is 13.1 Å². The summed E-state index contributed by atoms with van der Waals surface area (Å²) in [5, 5.41) is 0. The van der Waals surface area contributed by atoms with E-state index in [9.17, 15) is 0 Å². The molecule has 0 bridgehead atoms. The Balaban J connectivity index is 2.23. The van der Waals surface area contributed by atoms with Crippen molar-refractivity contribution < 1.29 is 0 Å². The number of nitrogens with zero attached hydrogens (tertiary/aromatic N) is 1. The molecule has 0 aliphatic carbocycles. The van der Waals surface area contributed by atoms with Gasteiger partial charge >= 0.3 is 0 Å². The molecule has 1 fully saturated rings. The minimum Gasteiger partial charge on any atom is -0.316 e. The molecule has 0 amide bonds. The van der Waals surface area contributed by atoms with E-state index in [4.69, 9.17) is 5.73 Å². The third kappa shape index (κ3) is 1.95. The zero-order valence-electron chi connectivity index (χ0n) is 6.14. The third-order valence-electron chi connectivity index (χ3n) is 1.97. The van der Waals surface area contributed by atoms with Crippen molar-refractivity contribution in [3.63, 3.8) is 0 Å². The van der Waals surface area contributed by atoms with Gasteiger partial charge in [-0.2, -0.15) is 0 Å². The van der Waals surface area contributed by atoms with Gasteiger partial charge in [-0.05, 0) is 32.9 Å². The molecule has 0 saturated carbocycles. The van der Waals surface area contributed by atoms with Crippen LogP contribution < -0.4 is 5.73 Å². The van der Waals surface area contributed by atoms with Crippen LogP contribution in [0, 0.1) is 0 Å². The first kappa shape index (κ1) is 7.03. The summed E-state index contributed by atoms with van der Waals surface area (Å²) in [5.74, 6) is 0. The Bertz CT molecular complexity index is 75.0. The maximum Gasteiger partial charge on any atom is 0.0542 e. The Hall–Kier alpha value is -0.0800. The molecule has 1 rings (SSSR count). The largest absolute Gasteiger partial charge is 0.316 e. The molecule has 0 aromatic carbocycles. The molecule has 1 aliphatic rings. The second kappa shape index (κ2) is 3.18. The van der Waals surface area contributed by atoms with E-state index in [1.807, 2.05) is 0 Å². The van der Waals surface area contributed by atoms with Crippen LogP contribution in [0.25, 0.3) is 0 Å². The average molecular weight is 128 g/mol. The summed E-state index contributed by atoms with van der Waals surface area (Å²) in [4.78, 5) is 2.34. The van der Waals surface area contributed by atoms with Gasteiger partial charge in [-0.1, -0.05) is 6.42 Å². The normalized spacial score (nSPS) is 26.0. The van der Waals surface area contributed by atoms with Crippen LogP contribution in [0.3, 0.4) is 0 Å². The Kier molecular flexibility index (Phi) is 2.49. The number of rotatable bonds is 1. The van der Waals surface area contributed by atoms with Crippen molar-refractivity contribution in [1.29, 1.82) is 0 Å². The van der Waals surface area contributed by atoms with Gasteiger partial charge in [0.05, 0.1) is 6.17 Å². The van der Waals surface area contributed by atoms with Crippen LogP contribution in [0.4, 0.5) is 0 Å². The SMILES string of the molecule is C[C@H](N)N1CCCCC1. The van der Waals surface area contributed by atoms with Crippen LogP contribution >= 0.6 is 0 Å². The van der Waals surface area contributed by atoms with Crippen LogP contribution in [0.5, 0.6) is 0 Å². The van der Waals surface area contributed by atoms with E-state index in [-0.39, 0.29) is 6.17 Å². The minimum absolute atomic E-state index is 0.269. The van der Waals surface area contributed by atoms with Gasteiger partial charge in [0.2, 0.25) is 0 Å². The van der Waals surface area contributed by atoms with Gasteiger partial charge in [-0.3, -0.25) is 4.90 Å². The summed E-state index contributed by atoms with van der Waals surface area (Å²) < 4.78 is 0. The van der Waals surface area contributed by atoms with Crippen LogP contribution in [-0.2, 0) is 0 Å². The number of piperidine rings is 1. The van der Waals surface area contributed by atoms with E-state index in [2.05, 4.69) is 11.8 Å². The highest BCUT2D eigenvalue weighted by atomic mass is 15.2. The van der Waals surface area contributed by atoms with Crippen molar-refractivity contribution in [2.24, 2.45) is 5.73 Å². The average Bonchev–Trinajstić information content (AvgIpc) is 1.90. The molecular formula is C7H16N2. The standard InChI is InChI=1S/C7H16N2/c1-7(8)9-5-3-2-4-6-9/h7H,2-6,8H2,1H3/t7-/m1/s1. The summed E-state index contributed by atoms with van der Waals surface area (Å²) in [7, 11) is 0. The van der Waals surface area contributed by atoms with Gasteiger partial charge in [0.15, 0.2) is 0 Å². The Morgan fingerprint density at radius 3 is 2.11 bits per heavy atom. The highest BCUT2D eigenvalue weighted by molar-refractivity contribution is 4.66. The highest BCUT2D eigenvalue weighted by Gasteiger charge is 2.11. The molecule has 2 N–H and O–H groups in total. The Morgan fingerprint density at radius 1 is 1.22 bits per heavy atom. The fourth-order valence-corrected chi connectivity index (χ4v) is 1.33. The lowest BCUT2D eigenvalue weighted by Gasteiger charge is -2.29. The van der Waals surface area contributed by atoms with E-state index in [1.165, 1.54) is 32.4 Å². The molecular weight excluding hydrogens is 112 g/mol. The number of likely N-dealkylation sites (tertiary alicyclic amines) is 1. The van der Waals surface area contributed by atoms with Crippen molar-refractivity contribution >= 4 is 0 Å². The first-order valence-corrected chi connectivity index (χ1v) is 3.80. The lowest BCUT2D eigenvalue weighted by Crippen LogP contribution is -2.42. The van der Waals surface area contributed by atoms with E-state index in [0.29, 0.717) is 0 Å². The fraction of sp³-hybridized carbons (Fsp3) is 1.00. The highest BCUT2D eigenvalue weighted by Crippen LogP contribution is 2.08. The third-order valence-corrected chi connectivity index (χ3v) is 1.97. The van der Waals surface area contributed by atoms with E-state index < -0.39 is 0 Å². The predicted molar refractivity (Wildman–Crippen MR) is 39.1 cm³/mol. The maximum absolute atomic E-state index is 5.69. The molecule has 0 aromatic rings. The lowest BCUT2D eigenvalue weighted by atomic mass is 10.1. The quantitative estimate of drug-likeness (QED) is 0.565. The first-order valence-electron chi connectivity index (χ1n) is 3.80. The second-order valence-corrected chi connectivity index (χ2v) is 2.84. The molecule has 54 valence electrons. The minimum atomic E-state index is 0.269.